The molecular weight excluding hydrogens is 246 g/mol. The van der Waals surface area contributed by atoms with Crippen molar-refractivity contribution in [2.75, 3.05) is 18.2 Å². The molecule has 0 aliphatic carbocycles. The van der Waals surface area contributed by atoms with E-state index in [0.29, 0.717) is 5.75 Å². The molecule has 2 aromatic rings. The normalized spacial score (nSPS) is 12.6. The number of benzene rings is 2. The highest BCUT2D eigenvalue weighted by molar-refractivity contribution is 6.15. The van der Waals surface area contributed by atoms with Crippen LogP contribution in [0.15, 0.2) is 24.3 Å². The molecule has 3 rings (SSSR count). The molecule has 0 atom stereocenters. The first-order valence-corrected chi connectivity index (χ1v) is 6.95. The standard InChI is InChI=1S/C14H15NO.CH3Cl/c1-2-9-4-3-5-11-13(16)8-12-10(14(9)11)6-7-15-12;1-2/h3-5,8,15-16H,2,6-7H2,1H3;1H3. The Bertz CT molecular complexity index is 566. The Labute approximate surface area is 113 Å². The number of aromatic hydroxyl groups is 1. The number of alkyl halides is 1. The molecule has 0 radical (unpaired) electrons. The third-order valence-corrected chi connectivity index (χ3v) is 3.41. The van der Waals surface area contributed by atoms with Crippen molar-refractivity contribution < 1.29 is 5.11 Å². The summed E-state index contributed by atoms with van der Waals surface area (Å²) in [7, 11) is 0. The molecule has 18 heavy (non-hydrogen) atoms. The Morgan fingerprint density at radius 2 is 2.11 bits per heavy atom. The van der Waals surface area contributed by atoms with Gasteiger partial charge in [-0.05, 0) is 29.4 Å². The quantitative estimate of drug-likeness (QED) is 0.764. The van der Waals surface area contributed by atoms with Crippen LogP contribution in [0.1, 0.15) is 18.1 Å². The Hall–Kier alpha value is -1.41. The van der Waals surface area contributed by atoms with Crippen molar-refractivity contribution in [2.45, 2.75) is 19.8 Å². The van der Waals surface area contributed by atoms with Crippen LogP contribution < -0.4 is 5.32 Å². The van der Waals surface area contributed by atoms with Gasteiger partial charge in [0.25, 0.3) is 0 Å². The number of hydrogen-bond acceptors (Lipinski definition) is 2. The van der Waals surface area contributed by atoms with Crippen LogP contribution in [0.2, 0.25) is 0 Å². The molecular formula is C15H18ClNO. The van der Waals surface area contributed by atoms with E-state index in [1.54, 1.807) is 0 Å². The van der Waals surface area contributed by atoms with E-state index in [2.05, 4.69) is 29.9 Å². The van der Waals surface area contributed by atoms with Crippen LogP contribution in [0.3, 0.4) is 0 Å². The minimum atomic E-state index is 0.387. The molecule has 2 aromatic carbocycles. The van der Waals surface area contributed by atoms with Gasteiger partial charge in [-0.25, -0.2) is 0 Å². The summed E-state index contributed by atoms with van der Waals surface area (Å²) in [6.07, 6.45) is 3.54. The Morgan fingerprint density at radius 3 is 2.83 bits per heavy atom. The largest absolute Gasteiger partial charge is 0.507 e. The van der Waals surface area contributed by atoms with Gasteiger partial charge in [-0.3, -0.25) is 0 Å². The maximum atomic E-state index is 10.0. The maximum absolute atomic E-state index is 10.0. The zero-order chi connectivity index (χ0) is 13.1. The molecule has 0 aromatic heterocycles. The van der Waals surface area contributed by atoms with E-state index >= 15 is 0 Å². The fraction of sp³-hybridized carbons (Fsp3) is 0.333. The highest BCUT2D eigenvalue weighted by atomic mass is 35.5. The van der Waals surface area contributed by atoms with Gasteiger partial charge in [0, 0.05) is 30.1 Å². The number of phenols is 1. The number of nitrogens with one attached hydrogen (secondary N) is 1. The van der Waals surface area contributed by atoms with Crippen molar-refractivity contribution in [3.63, 3.8) is 0 Å². The zero-order valence-electron chi connectivity index (χ0n) is 10.8. The number of aryl methyl sites for hydroxylation is 1. The molecule has 1 heterocycles. The molecule has 3 heteroatoms. The predicted octanol–water partition coefficient (Wildman–Crippen LogP) is 3.93. The van der Waals surface area contributed by atoms with E-state index in [1.807, 2.05) is 18.2 Å². The highest BCUT2D eigenvalue weighted by Crippen LogP contribution is 2.38. The van der Waals surface area contributed by atoms with Gasteiger partial charge in [0.15, 0.2) is 0 Å². The lowest BCUT2D eigenvalue weighted by atomic mass is 9.95. The highest BCUT2D eigenvalue weighted by Gasteiger charge is 2.17. The molecule has 2 nitrogen and oxygen atoms in total. The van der Waals surface area contributed by atoms with Crippen LogP contribution >= 0.6 is 11.6 Å². The third kappa shape index (κ3) is 2.01. The van der Waals surface area contributed by atoms with Gasteiger partial charge in [0.05, 0.1) is 0 Å². The van der Waals surface area contributed by atoms with Crippen molar-refractivity contribution in [1.82, 2.24) is 0 Å². The van der Waals surface area contributed by atoms with Gasteiger partial charge >= 0.3 is 0 Å². The van der Waals surface area contributed by atoms with Crippen LogP contribution in [0.25, 0.3) is 10.8 Å². The van der Waals surface area contributed by atoms with Gasteiger partial charge < -0.3 is 10.4 Å². The number of halogens is 1. The summed E-state index contributed by atoms with van der Waals surface area (Å²) < 4.78 is 0. The SMILES string of the molecule is CCc1cccc2c(O)cc3c(c12)CCN3.CCl. The number of fused-ring (bicyclic) bond motifs is 3. The van der Waals surface area contributed by atoms with Crippen LogP contribution in [-0.2, 0) is 12.8 Å². The Kier molecular flexibility index (Phi) is 3.97. The minimum absolute atomic E-state index is 0.387. The maximum Gasteiger partial charge on any atom is 0.125 e. The van der Waals surface area contributed by atoms with Crippen molar-refractivity contribution >= 4 is 28.1 Å². The monoisotopic (exact) mass is 263 g/mol. The van der Waals surface area contributed by atoms with Crippen molar-refractivity contribution in [1.29, 1.82) is 0 Å². The Balaban J connectivity index is 0.000000574. The lowest BCUT2D eigenvalue weighted by molar-refractivity contribution is 0.482. The molecule has 1 aliphatic heterocycles. The molecule has 96 valence electrons. The number of hydrogen-bond donors (Lipinski definition) is 2. The topological polar surface area (TPSA) is 32.3 Å². The van der Waals surface area contributed by atoms with Crippen molar-refractivity contribution in [3.05, 3.63) is 35.4 Å². The molecule has 2 N–H and O–H groups in total. The average molecular weight is 264 g/mol. The third-order valence-electron chi connectivity index (χ3n) is 3.41. The first-order valence-electron chi connectivity index (χ1n) is 6.19. The van der Waals surface area contributed by atoms with Crippen LogP contribution in [0.5, 0.6) is 5.75 Å². The lowest BCUT2D eigenvalue weighted by Crippen LogP contribution is -1.90. The average Bonchev–Trinajstić information content (AvgIpc) is 2.88. The van der Waals surface area contributed by atoms with Crippen LogP contribution in [0.4, 0.5) is 5.69 Å². The van der Waals surface area contributed by atoms with E-state index in [0.717, 1.165) is 30.5 Å². The second-order valence-corrected chi connectivity index (χ2v) is 4.29. The van der Waals surface area contributed by atoms with E-state index in [4.69, 9.17) is 0 Å². The summed E-state index contributed by atoms with van der Waals surface area (Å²) in [6, 6.07) is 8.03. The van der Waals surface area contributed by atoms with E-state index in [9.17, 15) is 5.11 Å². The molecule has 0 fully saturated rings. The molecule has 0 saturated heterocycles. The lowest BCUT2D eigenvalue weighted by Gasteiger charge is -2.11. The van der Waals surface area contributed by atoms with Gasteiger partial charge in [-0.1, -0.05) is 25.1 Å². The number of anilines is 1. The number of phenolic OH excluding ortho intramolecular Hbond substituents is 1. The zero-order valence-corrected chi connectivity index (χ0v) is 11.5. The molecule has 0 spiro atoms. The smallest absolute Gasteiger partial charge is 0.125 e. The minimum Gasteiger partial charge on any atom is -0.507 e. The van der Waals surface area contributed by atoms with E-state index in [1.165, 1.54) is 22.9 Å². The summed E-state index contributed by atoms with van der Waals surface area (Å²) in [6.45, 7) is 3.14. The second-order valence-electron chi connectivity index (χ2n) is 4.29. The molecule has 0 amide bonds. The first-order chi connectivity index (χ1) is 8.81. The molecule has 1 aliphatic rings. The molecule has 0 bridgehead atoms. The predicted molar refractivity (Wildman–Crippen MR) is 79.0 cm³/mol. The summed E-state index contributed by atoms with van der Waals surface area (Å²) in [5.41, 5.74) is 3.80. The second kappa shape index (κ2) is 5.49. The number of rotatable bonds is 1. The fourth-order valence-corrected chi connectivity index (χ4v) is 2.64. The van der Waals surface area contributed by atoms with E-state index < -0.39 is 0 Å². The van der Waals surface area contributed by atoms with Crippen LogP contribution in [0, 0.1) is 0 Å². The van der Waals surface area contributed by atoms with Gasteiger partial charge in [-0.2, -0.15) is 0 Å². The first kappa shape index (κ1) is 13.0. The summed E-state index contributed by atoms with van der Waals surface area (Å²) >= 11 is 4.64. The van der Waals surface area contributed by atoms with E-state index in [-0.39, 0.29) is 0 Å². The summed E-state index contributed by atoms with van der Waals surface area (Å²) in [5, 5.41) is 15.6. The van der Waals surface area contributed by atoms with Gasteiger partial charge in [-0.15, -0.1) is 11.6 Å². The Morgan fingerprint density at radius 1 is 1.33 bits per heavy atom. The molecule has 0 saturated carbocycles. The van der Waals surface area contributed by atoms with Gasteiger partial charge in [0.2, 0.25) is 0 Å². The summed E-state index contributed by atoms with van der Waals surface area (Å²) in [5.74, 6) is 0.387. The van der Waals surface area contributed by atoms with Crippen molar-refractivity contribution in [3.8, 4) is 5.75 Å². The fourth-order valence-electron chi connectivity index (χ4n) is 2.64. The molecule has 0 unspecified atom stereocenters. The van der Waals surface area contributed by atoms with Crippen molar-refractivity contribution in [2.24, 2.45) is 0 Å². The summed E-state index contributed by atoms with van der Waals surface area (Å²) in [4.78, 5) is 0. The van der Waals surface area contributed by atoms with Gasteiger partial charge in [0.1, 0.15) is 5.75 Å². The van der Waals surface area contributed by atoms with Crippen LogP contribution in [-0.4, -0.2) is 18.0 Å².